The molecule has 0 bridgehead atoms. The zero-order valence-electron chi connectivity index (χ0n) is 18.2. The van der Waals surface area contributed by atoms with Crippen molar-refractivity contribution >= 4 is 23.8 Å². The van der Waals surface area contributed by atoms with Crippen LogP contribution in [0.15, 0.2) is 0 Å². The normalized spacial score (nSPS) is 20.7. The Hall–Kier alpha value is -2.32. The fourth-order valence-electron chi connectivity index (χ4n) is 3.62. The largest absolute Gasteiger partial charge is 0.444 e. The first-order valence-corrected chi connectivity index (χ1v) is 10.3. The Morgan fingerprint density at radius 2 is 1.72 bits per heavy atom. The molecular formula is C20H34N4O5. The Morgan fingerprint density at radius 1 is 1.10 bits per heavy atom. The highest BCUT2D eigenvalue weighted by atomic mass is 16.6. The number of rotatable bonds is 4. The molecule has 2 heterocycles. The van der Waals surface area contributed by atoms with Crippen molar-refractivity contribution in [2.75, 3.05) is 39.3 Å². The van der Waals surface area contributed by atoms with Crippen molar-refractivity contribution in [2.45, 2.75) is 59.1 Å². The molecular weight excluding hydrogens is 376 g/mol. The van der Waals surface area contributed by atoms with E-state index in [4.69, 9.17) is 4.74 Å². The number of carbonyl (C=O) groups excluding carboxylic acids is 4. The van der Waals surface area contributed by atoms with Crippen LogP contribution in [0, 0.1) is 5.92 Å². The molecule has 0 aliphatic carbocycles. The fourth-order valence-corrected chi connectivity index (χ4v) is 3.62. The van der Waals surface area contributed by atoms with E-state index in [-0.39, 0.29) is 42.6 Å². The zero-order chi connectivity index (χ0) is 21.8. The molecule has 2 aliphatic heterocycles. The second-order valence-electron chi connectivity index (χ2n) is 8.96. The highest BCUT2D eigenvalue weighted by Crippen LogP contribution is 2.22. The van der Waals surface area contributed by atoms with E-state index in [1.165, 1.54) is 0 Å². The molecule has 1 atom stereocenters. The zero-order valence-corrected chi connectivity index (χ0v) is 18.2. The van der Waals surface area contributed by atoms with Gasteiger partial charge in [-0.3, -0.25) is 14.4 Å². The van der Waals surface area contributed by atoms with E-state index in [2.05, 4.69) is 5.32 Å². The van der Waals surface area contributed by atoms with Crippen molar-refractivity contribution in [2.24, 2.45) is 5.92 Å². The summed E-state index contributed by atoms with van der Waals surface area (Å²) in [6, 6.07) is 0.0926. The van der Waals surface area contributed by atoms with Gasteiger partial charge in [0.05, 0.1) is 5.92 Å². The van der Waals surface area contributed by atoms with E-state index in [0.29, 0.717) is 39.1 Å². The molecule has 29 heavy (non-hydrogen) atoms. The summed E-state index contributed by atoms with van der Waals surface area (Å²) in [5.74, 6) is -0.492. The Bertz CT molecular complexity index is 643. The van der Waals surface area contributed by atoms with Crippen LogP contribution < -0.4 is 5.32 Å². The smallest absolute Gasteiger partial charge is 0.408 e. The van der Waals surface area contributed by atoms with Gasteiger partial charge in [-0.2, -0.15) is 0 Å². The summed E-state index contributed by atoms with van der Waals surface area (Å²) in [5, 5.41) is 2.48. The van der Waals surface area contributed by atoms with Crippen LogP contribution in [0.5, 0.6) is 0 Å². The number of hydrogen-bond acceptors (Lipinski definition) is 5. The summed E-state index contributed by atoms with van der Waals surface area (Å²) < 4.78 is 5.13. The molecule has 9 nitrogen and oxygen atoms in total. The Morgan fingerprint density at radius 3 is 2.31 bits per heavy atom. The first kappa shape index (κ1) is 23.0. The topological polar surface area (TPSA) is 99.3 Å². The maximum absolute atomic E-state index is 12.9. The predicted molar refractivity (Wildman–Crippen MR) is 107 cm³/mol. The van der Waals surface area contributed by atoms with Gasteiger partial charge in [-0.15, -0.1) is 0 Å². The molecule has 2 aliphatic rings. The summed E-state index contributed by atoms with van der Waals surface area (Å²) >= 11 is 0. The van der Waals surface area contributed by atoms with Gasteiger partial charge in [0.1, 0.15) is 12.1 Å². The lowest BCUT2D eigenvalue weighted by Gasteiger charge is -2.25. The minimum atomic E-state index is -0.627. The molecule has 1 unspecified atom stereocenters. The molecule has 0 spiro atoms. The predicted octanol–water partition coefficient (Wildman–Crippen LogP) is 0.829. The van der Waals surface area contributed by atoms with Crippen molar-refractivity contribution in [3.8, 4) is 0 Å². The van der Waals surface area contributed by atoms with Crippen LogP contribution in [-0.2, 0) is 19.1 Å². The lowest BCUT2D eigenvalue weighted by molar-refractivity contribution is -0.136. The molecule has 164 valence electrons. The Balaban J connectivity index is 1.82. The molecule has 2 saturated heterocycles. The molecule has 4 amide bonds. The van der Waals surface area contributed by atoms with Gasteiger partial charge in [-0.05, 0) is 41.0 Å². The second-order valence-corrected chi connectivity index (χ2v) is 8.96. The lowest BCUT2D eigenvalue weighted by Crippen LogP contribution is -2.44. The first-order chi connectivity index (χ1) is 13.5. The minimum Gasteiger partial charge on any atom is -0.444 e. The van der Waals surface area contributed by atoms with E-state index >= 15 is 0 Å². The Labute approximate surface area is 172 Å². The fraction of sp³-hybridized carbons (Fsp3) is 0.800. The third-order valence-electron chi connectivity index (χ3n) is 5.07. The minimum absolute atomic E-state index is 0.0114. The monoisotopic (exact) mass is 410 g/mol. The summed E-state index contributed by atoms with van der Waals surface area (Å²) in [7, 11) is 0. The number of nitrogens with zero attached hydrogens (tertiary/aromatic N) is 3. The highest BCUT2D eigenvalue weighted by molar-refractivity contribution is 5.89. The van der Waals surface area contributed by atoms with Crippen molar-refractivity contribution in [3.63, 3.8) is 0 Å². The van der Waals surface area contributed by atoms with Gasteiger partial charge >= 0.3 is 6.09 Å². The highest BCUT2D eigenvalue weighted by Gasteiger charge is 2.38. The molecule has 2 fully saturated rings. The van der Waals surface area contributed by atoms with E-state index in [9.17, 15) is 19.2 Å². The van der Waals surface area contributed by atoms with Crippen LogP contribution in [0.25, 0.3) is 0 Å². The van der Waals surface area contributed by atoms with Crippen LogP contribution in [0.4, 0.5) is 4.79 Å². The average Bonchev–Trinajstić information content (AvgIpc) is 2.84. The third-order valence-corrected chi connectivity index (χ3v) is 5.07. The maximum Gasteiger partial charge on any atom is 0.408 e. The summed E-state index contributed by atoms with van der Waals surface area (Å²) in [5.41, 5.74) is -0.622. The summed E-state index contributed by atoms with van der Waals surface area (Å²) in [6.45, 7) is 11.4. The number of nitrogens with one attached hydrogen (secondary N) is 1. The molecule has 0 aromatic heterocycles. The van der Waals surface area contributed by atoms with Crippen molar-refractivity contribution in [1.29, 1.82) is 0 Å². The van der Waals surface area contributed by atoms with Crippen molar-refractivity contribution < 1.29 is 23.9 Å². The molecule has 2 rings (SSSR count). The number of ether oxygens (including phenoxy) is 1. The number of carbonyl (C=O) groups is 4. The molecule has 0 aromatic rings. The van der Waals surface area contributed by atoms with E-state index < -0.39 is 11.7 Å². The first-order valence-electron chi connectivity index (χ1n) is 10.3. The van der Waals surface area contributed by atoms with Crippen LogP contribution in [0.1, 0.15) is 47.5 Å². The average molecular weight is 411 g/mol. The molecule has 9 heteroatoms. The molecule has 0 radical (unpaired) electrons. The number of likely N-dealkylation sites (tertiary alicyclic amines) is 1. The number of alkyl carbamates (subject to hydrolysis) is 1. The summed E-state index contributed by atoms with van der Waals surface area (Å²) in [4.78, 5) is 54.3. The van der Waals surface area contributed by atoms with Crippen LogP contribution in [0.2, 0.25) is 0 Å². The van der Waals surface area contributed by atoms with E-state index in [1.54, 1.807) is 35.5 Å². The van der Waals surface area contributed by atoms with Gasteiger partial charge in [0, 0.05) is 45.2 Å². The van der Waals surface area contributed by atoms with E-state index in [1.807, 2.05) is 13.8 Å². The van der Waals surface area contributed by atoms with Crippen LogP contribution in [-0.4, -0.2) is 89.4 Å². The quantitative estimate of drug-likeness (QED) is 0.740. The lowest BCUT2D eigenvalue weighted by atomic mass is 10.1. The van der Waals surface area contributed by atoms with Gasteiger partial charge in [-0.25, -0.2) is 4.79 Å². The second kappa shape index (κ2) is 9.45. The molecule has 0 saturated carbocycles. The van der Waals surface area contributed by atoms with Crippen LogP contribution in [0.3, 0.4) is 0 Å². The third kappa shape index (κ3) is 6.61. The van der Waals surface area contributed by atoms with Crippen LogP contribution >= 0.6 is 0 Å². The van der Waals surface area contributed by atoms with Gasteiger partial charge in [0.25, 0.3) is 0 Å². The Kier molecular flexibility index (Phi) is 7.48. The maximum atomic E-state index is 12.9. The standard InChI is InChI=1S/C20H34N4O5/c1-14(2)24-13-15(11-16(24)25)18(27)23-8-6-7-22(9-10-23)17(26)12-21-19(28)29-20(3,4)5/h14-15H,6-13H2,1-5H3,(H,21,28). The van der Waals surface area contributed by atoms with Gasteiger partial charge < -0.3 is 24.8 Å². The number of hydrogen-bond donors (Lipinski definition) is 1. The van der Waals surface area contributed by atoms with Gasteiger partial charge in [0.15, 0.2) is 0 Å². The SMILES string of the molecule is CC(C)N1CC(C(=O)N2CCCN(C(=O)CNC(=O)OC(C)(C)C)CC2)CC1=O. The van der Waals surface area contributed by atoms with Crippen molar-refractivity contribution in [3.05, 3.63) is 0 Å². The molecule has 1 N–H and O–H groups in total. The van der Waals surface area contributed by atoms with Gasteiger partial charge in [0.2, 0.25) is 17.7 Å². The van der Waals surface area contributed by atoms with Crippen molar-refractivity contribution in [1.82, 2.24) is 20.0 Å². The van der Waals surface area contributed by atoms with E-state index in [0.717, 1.165) is 0 Å². The number of amides is 4. The molecule has 0 aromatic carbocycles. The van der Waals surface area contributed by atoms with Gasteiger partial charge in [-0.1, -0.05) is 0 Å². The summed E-state index contributed by atoms with van der Waals surface area (Å²) in [6.07, 6.45) is 0.298.